The number of nitrogens with one attached hydrogen (secondary N) is 1. The topological polar surface area (TPSA) is 79.6 Å². The van der Waals surface area contributed by atoms with Crippen molar-refractivity contribution in [3.8, 4) is 17.6 Å². The summed E-state index contributed by atoms with van der Waals surface area (Å²) in [5.41, 5.74) is 2.41. The second kappa shape index (κ2) is 10.8. The smallest absolute Gasteiger partial charge is 0.169 e. The first-order chi connectivity index (χ1) is 17.6. The molecule has 0 atom stereocenters. The lowest BCUT2D eigenvalue weighted by atomic mass is 10.0. The van der Waals surface area contributed by atoms with Crippen LogP contribution < -0.4 is 14.8 Å². The molecule has 9 heteroatoms. The lowest BCUT2D eigenvalue weighted by molar-refractivity contribution is 0.0322. The van der Waals surface area contributed by atoms with Gasteiger partial charge in [-0.1, -0.05) is 23.2 Å². The van der Waals surface area contributed by atoms with E-state index in [0.717, 1.165) is 54.5 Å². The van der Waals surface area contributed by atoms with Gasteiger partial charge >= 0.3 is 0 Å². The van der Waals surface area contributed by atoms with Crippen LogP contribution in [0.2, 0.25) is 10.0 Å². The molecule has 4 aromatic rings. The normalized spacial score (nSPS) is 14.1. The predicted molar refractivity (Wildman–Crippen MR) is 143 cm³/mol. The van der Waals surface area contributed by atoms with E-state index in [1.54, 1.807) is 31.5 Å². The number of rotatable bonds is 7. The molecule has 184 valence electrons. The van der Waals surface area contributed by atoms with Crippen LogP contribution in [0.5, 0.6) is 11.5 Å². The minimum absolute atomic E-state index is 0.406. The highest BCUT2D eigenvalue weighted by Crippen LogP contribution is 2.41. The fourth-order valence-corrected chi connectivity index (χ4v) is 4.83. The third-order valence-corrected chi connectivity index (χ3v) is 6.78. The Kier molecular flexibility index (Phi) is 7.30. The van der Waals surface area contributed by atoms with Gasteiger partial charge in [0.15, 0.2) is 11.5 Å². The van der Waals surface area contributed by atoms with Crippen LogP contribution in [0.4, 0.5) is 11.4 Å². The van der Waals surface area contributed by atoms with E-state index in [4.69, 9.17) is 37.4 Å². The van der Waals surface area contributed by atoms with E-state index in [1.165, 1.54) is 0 Å². The zero-order valence-corrected chi connectivity index (χ0v) is 21.2. The second-order valence-corrected chi connectivity index (χ2v) is 9.21. The minimum Gasteiger partial charge on any atom is -0.493 e. The Morgan fingerprint density at radius 1 is 1.08 bits per heavy atom. The Balaban J connectivity index is 1.55. The van der Waals surface area contributed by atoms with Crippen molar-refractivity contribution in [3.05, 3.63) is 64.3 Å². The average molecular weight is 523 g/mol. The Morgan fingerprint density at radius 3 is 2.61 bits per heavy atom. The molecule has 1 aromatic heterocycles. The number of fused-ring (bicyclic) bond motifs is 3. The van der Waals surface area contributed by atoms with Gasteiger partial charge in [-0.25, -0.2) is 0 Å². The van der Waals surface area contributed by atoms with Crippen LogP contribution in [0.1, 0.15) is 5.56 Å². The van der Waals surface area contributed by atoms with Gasteiger partial charge in [0.2, 0.25) is 0 Å². The number of pyridine rings is 1. The molecule has 0 bridgehead atoms. The first kappa shape index (κ1) is 24.4. The van der Waals surface area contributed by atoms with Gasteiger partial charge in [-0.15, -0.1) is 0 Å². The second-order valence-electron chi connectivity index (χ2n) is 8.36. The maximum atomic E-state index is 9.77. The summed E-state index contributed by atoms with van der Waals surface area (Å²) in [6, 6.07) is 15.2. The highest BCUT2D eigenvalue weighted by Gasteiger charge is 2.18. The van der Waals surface area contributed by atoms with Crippen LogP contribution in [0.15, 0.2) is 48.7 Å². The molecule has 0 unspecified atom stereocenters. The van der Waals surface area contributed by atoms with Crippen LogP contribution in [0.3, 0.4) is 0 Å². The molecular formula is C27H24Cl2N4O3. The van der Waals surface area contributed by atoms with E-state index < -0.39 is 0 Å². The lowest BCUT2D eigenvalue weighted by Gasteiger charge is -2.26. The molecule has 0 saturated carbocycles. The van der Waals surface area contributed by atoms with Gasteiger partial charge in [-0.3, -0.25) is 9.88 Å². The number of hydrogen-bond donors (Lipinski definition) is 1. The summed E-state index contributed by atoms with van der Waals surface area (Å²) in [5.74, 6) is 1.33. The Hall–Kier alpha value is -3.28. The minimum atomic E-state index is 0.406. The molecule has 36 heavy (non-hydrogen) atoms. The molecule has 0 aliphatic carbocycles. The van der Waals surface area contributed by atoms with Crippen LogP contribution >= 0.6 is 23.2 Å². The summed E-state index contributed by atoms with van der Waals surface area (Å²) in [5, 5.41) is 16.6. The molecule has 0 amide bonds. The summed E-state index contributed by atoms with van der Waals surface area (Å²) in [7, 11) is 1.63. The summed E-state index contributed by atoms with van der Waals surface area (Å²) in [6.07, 6.45) is 1.57. The Bertz CT molecular complexity index is 1470. The highest BCUT2D eigenvalue weighted by molar-refractivity contribution is 6.36. The molecule has 5 rings (SSSR count). The zero-order valence-electron chi connectivity index (χ0n) is 19.7. The molecule has 1 saturated heterocycles. The molecule has 2 heterocycles. The van der Waals surface area contributed by atoms with Gasteiger partial charge in [0.05, 0.1) is 47.8 Å². The number of ether oxygens (including phenoxy) is 3. The molecular weight excluding hydrogens is 499 g/mol. The van der Waals surface area contributed by atoms with Gasteiger partial charge < -0.3 is 19.5 Å². The number of methoxy groups -OCH3 is 1. The Labute approximate surface area is 219 Å². The summed E-state index contributed by atoms with van der Waals surface area (Å²) in [4.78, 5) is 6.95. The lowest BCUT2D eigenvalue weighted by Crippen LogP contribution is -2.38. The van der Waals surface area contributed by atoms with E-state index in [-0.39, 0.29) is 0 Å². The maximum Gasteiger partial charge on any atom is 0.169 e. The van der Waals surface area contributed by atoms with E-state index >= 15 is 0 Å². The van der Waals surface area contributed by atoms with Gasteiger partial charge in [-0.2, -0.15) is 5.26 Å². The van der Waals surface area contributed by atoms with Crippen molar-refractivity contribution < 1.29 is 14.2 Å². The molecule has 1 aliphatic heterocycles. The summed E-state index contributed by atoms with van der Waals surface area (Å²) < 4.78 is 17.3. The van der Waals surface area contributed by atoms with Crippen LogP contribution in [-0.2, 0) is 4.74 Å². The van der Waals surface area contributed by atoms with Crippen LogP contribution in [0, 0.1) is 11.3 Å². The van der Waals surface area contributed by atoms with Crippen LogP contribution in [-0.4, -0.2) is 56.4 Å². The molecule has 0 spiro atoms. The highest BCUT2D eigenvalue weighted by atomic mass is 35.5. The van der Waals surface area contributed by atoms with Crippen molar-refractivity contribution in [2.45, 2.75) is 0 Å². The first-order valence-corrected chi connectivity index (χ1v) is 12.3. The van der Waals surface area contributed by atoms with Crippen LogP contribution in [0.25, 0.3) is 21.7 Å². The van der Waals surface area contributed by atoms with Crippen molar-refractivity contribution in [1.82, 2.24) is 9.88 Å². The monoisotopic (exact) mass is 522 g/mol. The fourth-order valence-electron chi connectivity index (χ4n) is 4.38. The standard InChI is InChI=1S/C27H24Cl2N4O3/c1-34-24-7-5-19-20(27(24)36-13-10-33-8-11-35-12-9-33)3-4-21-25(17(15-30)16-31-26(19)21)32-23-6-2-18(28)14-22(23)29/h2-7,14,16H,8-13H2,1H3,(H,31,32). The molecule has 7 nitrogen and oxygen atoms in total. The molecule has 1 aliphatic rings. The van der Waals surface area contributed by atoms with Gasteiger partial charge in [0.25, 0.3) is 0 Å². The maximum absolute atomic E-state index is 9.77. The SMILES string of the molecule is COc1ccc2c(ccc3c(Nc4ccc(Cl)cc4Cl)c(C#N)cnc32)c1OCCN1CCOCC1. The van der Waals surface area contributed by atoms with Crippen molar-refractivity contribution in [3.63, 3.8) is 0 Å². The van der Waals surface area contributed by atoms with Crippen molar-refractivity contribution in [1.29, 1.82) is 5.26 Å². The number of halogens is 2. The number of nitrogens with zero attached hydrogens (tertiary/aromatic N) is 3. The average Bonchev–Trinajstić information content (AvgIpc) is 2.90. The number of benzene rings is 3. The molecule has 1 fully saturated rings. The van der Waals surface area contributed by atoms with Crippen molar-refractivity contribution >= 4 is 56.3 Å². The van der Waals surface area contributed by atoms with Gasteiger partial charge in [0, 0.05) is 47.0 Å². The number of hydrogen-bond acceptors (Lipinski definition) is 7. The largest absolute Gasteiger partial charge is 0.493 e. The van der Waals surface area contributed by atoms with E-state index in [1.807, 2.05) is 24.3 Å². The summed E-state index contributed by atoms with van der Waals surface area (Å²) >= 11 is 12.4. The fraction of sp³-hybridized carbons (Fsp3) is 0.259. The third-order valence-electron chi connectivity index (χ3n) is 6.24. The molecule has 1 N–H and O–H groups in total. The van der Waals surface area contributed by atoms with Crippen molar-refractivity contribution in [2.24, 2.45) is 0 Å². The van der Waals surface area contributed by atoms with Gasteiger partial charge in [0.1, 0.15) is 12.7 Å². The molecule has 3 aromatic carbocycles. The number of aromatic nitrogens is 1. The van der Waals surface area contributed by atoms with Crippen molar-refractivity contribution in [2.75, 3.05) is 51.9 Å². The van der Waals surface area contributed by atoms with E-state index in [2.05, 4.69) is 21.3 Å². The molecule has 0 radical (unpaired) electrons. The summed E-state index contributed by atoms with van der Waals surface area (Å²) in [6.45, 7) is 4.62. The zero-order chi connectivity index (χ0) is 25.1. The van der Waals surface area contributed by atoms with Gasteiger partial charge in [-0.05, 0) is 42.5 Å². The Morgan fingerprint density at radius 2 is 1.86 bits per heavy atom. The number of morpholine rings is 1. The number of anilines is 2. The first-order valence-electron chi connectivity index (χ1n) is 11.6. The number of nitriles is 1. The van der Waals surface area contributed by atoms with E-state index in [9.17, 15) is 5.26 Å². The quantitative estimate of drug-likeness (QED) is 0.297. The third kappa shape index (κ3) is 4.86. The predicted octanol–water partition coefficient (Wildman–Crippen LogP) is 6.03. The van der Waals surface area contributed by atoms with E-state index in [0.29, 0.717) is 45.1 Å².